The molecule has 0 bridgehead atoms. The third kappa shape index (κ3) is 1.27. The number of hydrogen-bond donors (Lipinski definition) is 1. The van der Waals surface area contributed by atoms with Crippen LogP contribution in [0.15, 0.2) is 0 Å². The number of hydrogen-bond acceptors (Lipinski definition) is 3. The minimum Gasteiger partial charge on any atom is -0.383 e. The quantitative estimate of drug-likeness (QED) is 0.506. The second-order valence-electron chi connectivity index (χ2n) is 2.38. The normalized spacial score (nSPS) is 24.8. The maximum Gasteiger partial charge on any atom is 0.241 e. The molecule has 0 spiro atoms. The van der Waals surface area contributed by atoms with Crippen LogP contribution in [0.4, 0.5) is 0 Å². The number of β-lactam (4-membered cyclic amide) rings is 1. The summed E-state index contributed by atoms with van der Waals surface area (Å²) in [5, 5.41) is 0. The molecule has 0 aromatic carbocycles. The van der Waals surface area contributed by atoms with E-state index in [1.807, 2.05) is 0 Å². The average Bonchev–Trinajstić information content (AvgIpc) is 1.97. The first-order valence-electron chi connectivity index (χ1n) is 3.29. The largest absolute Gasteiger partial charge is 0.383 e. The highest BCUT2D eigenvalue weighted by Gasteiger charge is 2.32. The summed E-state index contributed by atoms with van der Waals surface area (Å²) in [7, 11) is 1.62. The lowest BCUT2D eigenvalue weighted by atomic mass is 10.1. The number of nitrogens with zero attached hydrogens (tertiary/aromatic N) is 1. The van der Waals surface area contributed by atoms with Gasteiger partial charge in [-0.2, -0.15) is 0 Å². The fourth-order valence-electron chi connectivity index (χ4n) is 0.931. The summed E-state index contributed by atoms with van der Waals surface area (Å²) in [5.41, 5.74) is 5.35. The molecular formula is C6H12N2O2. The number of carbonyl (C=O) groups is 1. The molecule has 0 saturated carbocycles. The maximum atomic E-state index is 10.8. The van der Waals surface area contributed by atoms with Gasteiger partial charge in [-0.1, -0.05) is 0 Å². The Kier molecular flexibility index (Phi) is 2.24. The zero-order chi connectivity index (χ0) is 7.56. The molecule has 1 rings (SSSR count). The van der Waals surface area contributed by atoms with Gasteiger partial charge in [0.15, 0.2) is 0 Å². The number of nitrogens with two attached hydrogens (primary N) is 1. The van der Waals surface area contributed by atoms with E-state index in [1.165, 1.54) is 0 Å². The highest BCUT2D eigenvalue weighted by molar-refractivity contribution is 5.87. The average molecular weight is 144 g/mol. The molecule has 4 heteroatoms. The van der Waals surface area contributed by atoms with Crippen molar-refractivity contribution in [2.75, 3.05) is 26.8 Å². The van der Waals surface area contributed by atoms with Gasteiger partial charge in [-0.3, -0.25) is 4.79 Å². The summed E-state index contributed by atoms with van der Waals surface area (Å²) >= 11 is 0. The van der Waals surface area contributed by atoms with Gasteiger partial charge in [0.2, 0.25) is 5.91 Å². The van der Waals surface area contributed by atoms with E-state index in [1.54, 1.807) is 12.0 Å². The van der Waals surface area contributed by atoms with Crippen LogP contribution < -0.4 is 5.73 Å². The molecule has 1 unspecified atom stereocenters. The van der Waals surface area contributed by atoms with Crippen molar-refractivity contribution in [1.29, 1.82) is 0 Å². The maximum absolute atomic E-state index is 10.8. The molecule has 1 aliphatic heterocycles. The Morgan fingerprint density at radius 2 is 2.60 bits per heavy atom. The Morgan fingerprint density at radius 3 is 3.00 bits per heavy atom. The second-order valence-corrected chi connectivity index (χ2v) is 2.38. The molecule has 0 aliphatic carbocycles. The van der Waals surface area contributed by atoms with Gasteiger partial charge < -0.3 is 15.4 Å². The van der Waals surface area contributed by atoms with Crippen molar-refractivity contribution in [1.82, 2.24) is 4.90 Å². The fourth-order valence-corrected chi connectivity index (χ4v) is 0.931. The van der Waals surface area contributed by atoms with E-state index in [0.29, 0.717) is 19.7 Å². The summed E-state index contributed by atoms with van der Waals surface area (Å²) in [5.74, 6) is 0.0389. The predicted octanol–water partition coefficient (Wildman–Crippen LogP) is -1.20. The zero-order valence-electron chi connectivity index (χ0n) is 6.04. The summed E-state index contributed by atoms with van der Waals surface area (Å²) in [6.07, 6.45) is 0. The lowest BCUT2D eigenvalue weighted by molar-refractivity contribution is -0.143. The van der Waals surface area contributed by atoms with Crippen LogP contribution in [0.5, 0.6) is 0 Å². The number of rotatable bonds is 3. The molecule has 10 heavy (non-hydrogen) atoms. The van der Waals surface area contributed by atoms with Crippen molar-refractivity contribution in [3.63, 3.8) is 0 Å². The highest BCUT2D eigenvalue weighted by Crippen LogP contribution is 2.05. The molecule has 0 aromatic heterocycles. The molecule has 1 saturated heterocycles. The van der Waals surface area contributed by atoms with Crippen LogP contribution in [0.3, 0.4) is 0 Å². The topological polar surface area (TPSA) is 55.6 Å². The highest BCUT2D eigenvalue weighted by atomic mass is 16.5. The third-order valence-electron chi connectivity index (χ3n) is 1.61. The molecule has 58 valence electrons. The number of amides is 1. The first kappa shape index (κ1) is 7.50. The van der Waals surface area contributed by atoms with Crippen LogP contribution >= 0.6 is 0 Å². The Morgan fingerprint density at radius 1 is 1.90 bits per heavy atom. The third-order valence-corrected chi connectivity index (χ3v) is 1.61. The first-order chi connectivity index (χ1) is 4.75. The molecule has 1 amide bonds. The second kappa shape index (κ2) is 2.98. The number of ether oxygens (including phenoxy) is 1. The van der Waals surface area contributed by atoms with Crippen LogP contribution in [-0.4, -0.2) is 43.7 Å². The summed E-state index contributed by atoms with van der Waals surface area (Å²) in [6.45, 7) is 1.95. The van der Waals surface area contributed by atoms with Gasteiger partial charge in [-0.05, 0) is 0 Å². The van der Waals surface area contributed by atoms with Crippen molar-refractivity contribution in [3.8, 4) is 0 Å². The minimum atomic E-state index is -0.253. The lowest BCUT2D eigenvalue weighted by Crippen LogP contribution is -2.61. The van der Waals surface area contributed by atoms with Crippen molar-refractivity contribution in [2.45, 2.75) is 6.04 Å². The Balaban J connectivity index is 2.15. The van der Waals surface area contributed by atoms with Crippen LogP contribution in [-0.2, 0) is 9.53 Å². The molecule has 0 radical (unpaired) electrons. The van der Waals surface area contributed by atoms with E-state index in [0.717, 1.165) is 0 Å². The number of carbonyl (C=O) groups excluding carboxylic acids is 1. The molecule has 1 fully saturated rings. The predicted molar refractivity (Wildman–Crippen MR) is 36.4 cm³/mol. The van der Waals surface area contributed by atoms with E-state index in [-0.39, 0.29) is 11.9 Å². The van der Waals surface area contributed by atoms with E-state index in [4.69, 9.17) is 10.5 Å². The van der Waals surface area contributed by atoms with Gasteiger partial charge in [0.25, 0.3) is 0 Å². The first-order valence-corrected chi connectivity index (χ1v) is 3.29. The van der Waals surface area contributed by atoms with Gasteiger partial charge >= 0.3 is 0 Å². The van der Waals surface area contributed by atoms with E-state index in [2.05, 4.69) is 0 Å². The van der Waals surface area contributed by atoms with Crippen LogP contribution in [0.1, 0.15) is 0 Å². The smallest absolute Gasteiger partial charge is 0.241 e. The molecule has 1 heterocycles. The molecule has 2 N–H and O–H groups in total. The summed E-state index contributed by atoms with van der Waals surface area (Å²) in [4.78, 5) is 12.5. The Labute approximate surface area is 59.9 Å². The molecule has 1 aliphatic rings. The SMILES string of the molecule is COCCN1CC(N)C1=O. The lowest BCUT2D eigenvalue weighted by Gasteiger charge is -2.35. The summed E-state index contributed by atoms with van der Waals surface area (Å²) in [6, 6.07) is -0.253. The van der Waals surface area contributed by atoms with Gasteiger partial charge in [-0.25, -0.2) is 0 Å². The monoisotopic (exact) mass is 144 g/mol. The van der Waals surface area contributed by atoms with Crippen molar-refractivity contribution < 1.29 is 9.53 Å². The van der Waals surface area contributed by atoms with Crippen LogP contribution in [0, 0.1) is 0 Å². The number of methoxy groups -OCH3 is 1. The molecule has 1 atom stereocenters. The minimum absolute atomic E-state index is 0.0389. The fraction of sp³-hybridized carbons (Fsp3) is 0.833. The van der Waals surface area contributed by atoms with Crippen molar-refractivity contribution >= 4 is 5.91 Å². The van der Waals surface area contributed by atoms with E-state index in [9.17, 15) is 4.79 Å². The van der Waals surface area contributed by atoms with Gasteiger partial charge in [-0.15, -0.1) is 0 Å². The Hall–Kier alpha value is -0.610. The molecule has 4 nitrogen and oxygen atoms in total. The Bertz CT molecular complexity index is 138. The van der Waals surface area contributed by atoms with Gasteiger partial charge in [0.05, 0.1) is 6.61 Å². The summed E-state index contributed by atoms with van der Waals surface area (Å²) < 4.78 is 4.80. The van der Waals surface area contributed by atoms with Crippen molar-refractivity contribution in [2.24, 2.45) is 5.73 Å². The van der Waals surface area contributed by atoms with Crippen LogP contribution in [0.25, 0.3) is 0 Å². The van der Waals surface area contributed by atoms with Gasteiger partial charge in [0, 0.05) is 20.2 Å². The number of likely N-dealkylation sites (tertiary alicyclic amines) is 1. The van der Waals surface area contributed by atoms with Gasteiger partial charge in [0.1, 0.15) is 6.04 Å². The van der Waals surface area contributed by atoms with E-state index < -0.39 is 0 Å². The van der Waals surface area contributed by atoms with E-state index >= 15 is 0 Å². The standard InChI is InChI=1S/C6H12N2O2/c1-10-3-2-8-4-5(7)6(8)9/h5H,2-4,7H2,1H3. The van der Waals surface area contributed by atoms with Crippen molar-refractivity contribution in [3.05, 3.63) is 0 Å². The molecular weight excluding hydrogens is 132 g/mol. The molecule has 0 aromatic rings. The zero-order valence-corrected chi connectivity index (χ0v) is 6.04. The van der Waals surface area contributed by atoms with Crippen LogP contribution in [0.2, 0.25) is 0 Å².